The monoisotopic (exact) mass is 310 g/mol. The van der Waals surface area contributed by atoms with Crippen molar-refractivity contribution in [1.29, 1.82) is 0 Å². The van der Waals surface area contributed by atoms with E-state index in [2.05, 4.69) is 13.2 Å². The molecule has 0 fully saturated rings. The van der Waals surface area contributed by atoms with Crippen LogP contribution in [0, 0.1) is 5.92 Å². The van der Waals surface area contributed by atoms with E-state index in [4.69, 9.17) is 9.84 Å². The fraction of sp³-hybridized carbons (Fsp3) is 0.571. The first kappa shape index (κ1) is 21.5. The number of esters is 1. The van der Waals surface area contributed by atoms with Crippen LogP contribution in [-0.2, 0) is 14.3 Å². The van der Waals surface area contributed by atoms with E-state index in [0.29, 0.717) is 0 Å². The molecule has 0 aromatic rings. The van der Waals surface area contributed by atoms with Gasteiger partial charge in [-0.1, -0.05) is 13.2 Å². The normalized spacial score (nSPS) is 12.6. The summed E-state index contributed by atoms with van der Waals surface area (Å²) in [6.45, 7) is 12.7. The Balaban J connectivity index is 0. The SMILES string of the molecule is C=C(C)C(=O)O.C=C(C)C(=O)OC(C)(C)C(C)C(F)(F)F. The second-order valence-electron chi connectivity index (χ2n) is 5.12. The highest BCUT2D eigenvalue weighted by Gasteiger charge is 2.47. The maximum absolute atomic E-state index is 12.4. The van der Waals surface area contributed by atoms with Crippen molar-refractivity contribution in [3.05, 3.63) is 24.3 Å². The molecule has 21 heavy (non-hydrogen) atoms. The van der Waals surface area contributed by atoms with Crippen LogP contribution in [0.4, 0.5) is 13.2 Å². The molecule has 0 bridgehead atoms. The first-order valence-corrected chi connectivity index (χ1v) is 5.97. The number of hydrogen-bond donors (Lipinski definition) is 1. The standard InChI is InChI=1S/C10H15F3O2.C4H6O2/c1-6(2)8(14)15-9(4,5)7(3)10(11,12)13;1-3(2)4(5)6/h7H,1H2,2-5H3;1H2,2H3,(H,5,6). The zero-order chi connectivity index (χ0) is 17.6. The third-order valence-electron chi connectivity index (χ3n) is 2.60. The van der Waals surface area contributed by atoms with Gasteiger partial charge in [-0.05, 0) is 34.6 Å². The molecule has 0 saturated carbocycles. The van der Waals surface area contributed by atoms with Crippen molar-refractivity contribution < 1.29 is 32.6 Å². The van der Waals surface area contributed by atoms with Crippen LogP contribution in [0.2, 0.25) is 0 Å². The minimum atomic E-state index is -4.39. The number of aliphatic carboxylic acids is 1. The molecule has 0 aromatic carbocycles. The Morgan fingerprint density at radius 3 is 1.62 bits per heavy atom. The molecular formula is C14H21F3O4. The number of carbonyl (C=O) groups is 2. The maximum Gasteiger partial charge on any atom is 0.395 e. The number of carboxylic acid groups (broad SMARTS) is 1. The predicted molar refractivity (Wildman–Crippen MR) is 72.7 cm³/mol. The van der Waals surface area contributed by atoms with Gasteiger partial charge in [0.25, 0.3) is 0 Å². The summed E-state index contributed by atoms with van der Waals surface area (Å²) in [6.07, 6.45) is -4.39. The number of hydrogen-bond acceptors (Lipinski definition) is 3. The molecule has 1 atom stereocenters. The summed E-state index contributed by atoms with van der Waals surface area (Å²) in [7, 11) is 0. The average molecular weight is 310 g/mol. The lowest BCUT2D eigenvalue weighted by Gasteiger charge is -2.32. The van der Waals surface area contributed by atoms with Gasteiger partial charge in [0.1, 0.15) is 5.60 Å². The van der Waals surface area contributed by atoms with Crippen LogP contribution in [-0.4, -0.2) is 28.8 Å². The van der Waals surface area contributed by atoms with E-state index < -0.39 is 29.6 Å². The minimum absolute atomic E-state index is 0.0810. The number of rotatable bonds is 4. The van der Waals surface area contributed by atoms with Crippen molar-refractivity contribution in [2.45, 2.75) is 46.4 Å². The number of ether oxygens (including phenoxy) is 1. The van der Waals surface area contributed by atoms with E-state index in [9.17, 15) is 22.8 Å². The van der Waals surface area contributed by atoms with Gasteiger partial charge < -0.3 is 9.84 Å². The third-order valence-corrected chi connectivity index (χ3v) is 2.60. The molecule has 122 valence electrons. The van der Waals surface area contributed by atoms with E-state index in [-0.39, 0.29) is 11.1 Å². The van der Waals surface area contributed by atoms with Crippen LogP contribution in [0.5, 0.6) is 0 Å². The van der Waals surface area contributed by atoms with Crippen molar-refractivity contribution in [2.24, 2.45) is 5.92 Å². The van der Waals surface area contributed by atoms with Crippen LogP contribution in [0.1, 0.15) is 34.6 Å². The van der Waals surface area contributed by atoms with Crippen molar-refractivity contribution in [3.8, 4) is 0 Å². The first-order chi connectivity index (χ1) is 9.12. The lowest BCUT2D eigenvalue weighted by atomic mass is 9.92. The lowest BCUT2D eigenvalue weighted by molar-refractivity contribution is -0.221. The fourth-order valence-electron chi connectivity index (χ4n) is 0.809. The van der Waals surface area contributed by atoms with E-state index >= 15 is 0 Å². The molecule has 0 spiro atoms. The maximum atomic E-state index is 12.4. The van der Waals surface area contributed by atoms with Crippen LogP contribution >= 0.6 is 0 Å². The Kier molecular flexibility index (Phi) is 8.04. The van der Waals surface area contributed by atoms with Gasteiger partial charge in [0, 0.05) is 11.1 Å². The summed E-state index contributed by atoms with van der Waals surface area (Å²) in [4.78, 5) is 20.7. The molecule has 0 radical (unpaired) electrons. The molecule has 1 N–H and O–H groups in total. The van der Waals surface area contributed by atoms with E-state index in [1.807, 2.05) is 0 Å². The topological polar surface area (TPSA) is 63.6 Å². The quantitative estimate of drug-likeness (QED) is 0.635. The zero-order valence-electron chi connectivity index (χ0n) is 12.8. The second-order valence-corrected chi connectivity index (χ2v) is 5.12. The van der Waals surface area contributed by atoms with Crippen LogP contribution in [0.15, 0.2) is 24.3 Å². The predicted octanol–water partition coefficient (Wildman–Crippen LogP) is 3.73. The van der Waals surface area contributed by atoms with Gasteiger partial charge in [0.15, 0.2) is 0 Å². The van der Waals surface area contributed by atoms with Crippen molar-refractivity contribution in [2.75, 3.05) is 0 Å². The van der Waals surface area contributed by atoms with E-state index in [0.717, 1.165) is 6.92 Å². The average Bonchev–Trinajstić information content (AvgIpc) is 2.26. The van der Waals surface area contributed by atoms with Gasteiger partial charge in [-0.25, -0.2) is 9.59 Å². The number of alkyl halides is 3. The van der Waals surface area contributed by atoms with Crippen molar-refractivity contribution >= 4 is 11.9 Å². The molecule has 7 heteroatoms. The summed E-state index contributed by atoms with van der Waals surface area (Å²) < 4.78 is 41.9. The number of halogens is 3. The molecule has 0 aliphatic rings. The van der Waals surface area contributed by atoms with Gasteiger partial charge in [-0.3, -0.25) is 0 Å². The molecule has 0 saturated heterocycles. The molecule has 4 nitrogen and oxygen atoms in total. The Morgan fingerprint density at radius 2 is 1.43 bits per heavy atom. The molecule has 0 aromatic heterocycles. The summed E-state index contributed by atoms with van der Waals surface area (Å²) in [5, 5.41) is 7.89. The van der Waals surface area contributed by atoms with E-state index in [1.165, 1.54) is 27.7 Å². The summed E-state index contributed by atoms with van der Waals surface area (Å²) in [5.41, 5.74) is -1.33. The molecule has 0 rings (SSSR count). The molecule has 0 aliphatic carbocycles. The molecule has 1 unspecified atom stereocenters. The number of carboxylic acids is 1. The van der Waals surface area contributed by atoms with Crippen LogP contribution in [0.3, 0.4) is 0 Å². The highest BCUT2D eigenvalue weighted by molar-refractivity contribution is 5.87. The third kappa shape index (κ3) is 8.88. The highest BCUT2D eigenvalue weighted by Crippen LogP contribution is 2.36. The summed E-state index contributed by atoms with van der Waals surface area (Å²) >= 11 is 0. The molecule has 0 heterocycles. The molecule has 0 amide bonds. The Hall–Kier alpha value is -1.79. The fourth-order valence-corrected chi connectivity index (χ4v) is 0.809. The smallest absolute Gasteiger partial charge is 0.395 e. The Labute approximate surface area is 122 Å². The Bertz CT molecular complexity index is 410. The van der Waals surface area contributed by atoms with Gasteiger partial charge >= 0.3 is 18.1 Å². The summed E-state index contributed by atoms with van der Waals surface area (Å²) in [6, 6.07) is 0. The van der Waals surface area contributed by atoms with E-state index in [1.54, 1.807) is 0 Å². The van der Waals surface area contributed by atoms with Crippen LogP contribution in [0.25, 0.3) is 0 Å². The minimum Gasteiger partial charge on any atom is -0.478 e. The van der Waals surface area contributed by atoms with Gasteiger partial charge in [0.05, 0.1) is 5.92 Å². The van der Waals surface area contributed by atoms with Crippen molar-refractivity contribution in [3.63, 3.8) is 0 Å². The Morgan fingerprint density at radius 1 is 1.10 bits per heavy atom. The summed E-state index contributed by atoms with van der Waals surface area (Å²) in [5.74, 6) is -3.47. The molecular weight excluding hydrogens is 289 g/mol. The lowest BCUT2D eigenvalue weighted by Crippen LogP contribution is -2.43. The second kappa shape index (κ2) is 7.85. The van der Waals surface area contributed by atoms with Crippen molar-refractivity contribution in [1.82, 2.24) is 0 Å². The largest absolute Gasteiger partial charge is 0.478 e. The van der Waals surface area contributed by atoms with Gasteiger partial charge in [0.2, 0.25) is 0 Å². The molecule has 0 aliphatic heterocycles. The van der Waals surface area contributed by atoms with Gasteiger partial charge in [-0.2, -0.15) is 13.2 Å². The first-order valence-electron chi connectivity index (χ1n) is 5.97. The zero-order valence-corrected chi connectivity index (χ0v) is 12.8. The number of carbonyl (C=O) groups excluding carboxylic acids is 1. The van der Waals surface area contributed by atoms with Crippen LogP contribution < -0.4 is 0 Å². The highest BCUT2D eigenvalue weighted by atomic mass is 19.4. The van der Waals surface area contributed by atoms with Gasteiger partial charge in [-0.15, -0.1) is 0 Å².